The number of hydrogen-bond donors (Lipinski definition) is 1. The molecule has 1 N–H and O–H groups in total. The molecule has 0 bridgehead atoms. The van der Waals surface area contributed by atoms with E-state index in [0.717, 1.165) is 17.0 Å². The highest BCUT2D eigenvalue weighted by Gasteiger charge is 2.22. The van der Waals surface area contributed by atoms with Gasteiger partial charge in [0, 0.05) is 12.1 Å². The van der Waals surface area contributed by atoms with Gasteiger partial charge in [0.1, 0.15) is 5.82 Å². The molecule has 1 nitrogen and oxygen atoms in total. The Bertz CT molecular complexity index is 396. The van der Waals surface area contributed by atoms with Crippen LogP contribution in [0.5, 0.6) is 0 Å². The second-order valence-corrected chi connectivity index (χ2v) is 5.73. The number of aryl methyl sites for hydroxylation is 1. The Hall–Kier alpha value is -0.890. The molecule has 1 fully saturated rings. The van der Waals surface area contributed by atoms with Crippen molar-refractivity contribution in [2.45, 2.75) is 58.5 Å². The van der Waals surface area contributed by atoms with Gasteiger partial charge in [-0.25, -0.2) is 4.39 Å². The Morgan fingerprint density at radius 3 is 2.50 bits per heavy atom. The zero-order valence-corrected chi connectivity index (χ0v) is 11.7. The van der Waals surface area contributed by atoms with E-state index in [1.807, 2.05) is 12.1 Å². The molecule has 0 aromatic heterocycles. The van der Waals surface area contributed by atoms with E-state index < -0.39 is 0 Å². The molecule has 0 spiro atoms. The number of nitrogens with one attached hydrogen (secondary N) is 1. The summed E-state index contributed by atoms with van der Waals surface area (Å²) in [5, 5.41) is 3.62. The lowest BCUT2D eigenvalue weighted by molar-refractivity contribution is 0.352. The van der Waals surface area contributed by atoms with Crippen LogP contribution in [0.4, 0.5) is 4.39 Å². The maximum atomic E-state index is 13.6. The van der Waals surface area contributed by atoms with E-state index in [0.29, 0.717) is 6.04 Å². The molecule has 0 heterocycles. The van der Waals surface area contributed by atoms with Crippen molar-refractivity contribution in [1.82, 2.24) is 5.32 Å². The van der Waals surface area contributed by atoms with Crippen molar-refractivity contribution in [3.8, 4) is 0 Å². The molecule has 1 aromatic rings. The van der Waals surface area contributed by atoms with Gasteiger partial charge < -0.3 is 5.32 Å². The predicted molar refractivity (Wildman–Crippen MR) is 74.1 cm³/mol. The number of hydrogen-bond acceptors (Lipinski definition) is 1. The van der Waals surface area contributed by atoms with Crippen LogP contribution in [-0.4, -0.2) is 6.04 Å². The monoisotopic (exact) mass is 249 g/mol. The summed E-state index contributed by atoms with van der Waals surface area (Å²) in [6.45, 7) is 6.19. The average Bonchev–Trinajstić information content (AvgIpc) is 2.86. The van der Waals surface area contributed by atoms with Gasteiger partial charge in [-0.2, -0.15) is 0 Å². The van der Waals surface area contributed by atoms with E-state index in [1.54, 1.807) is 13.0 Å². The van der Waals surface area contributed by atoms with Gasteiger partial charge in [-0.05, 0) is 56.7 Å². The van der Waals surface area contributed by atoms with Gasteiger partial charge in [-0.1, -0.05) is 25.0 Å². The quantitative estimate of drug-likeness (QED) is 0.836. The SMILES string of the molecule is Cc1ccc(C(C)NC(C)C2CCCC2)cc1F. The van der Waals surface area contributed by atoms with Crippen LogP contribution in [0.15, 0.2) is 18.2 Å². The topological polar surface area (TPSA) is 12.0 Å². The van der Waals surface area contributed by atoms with Crippen LogP contribution in [0, 0.1) is 18.7 Å². The maximum absolute atomic E-state index is 13.6. The molecule has 2 atom stereocenters. The molecule has 1 aliphatic rings. The van der Waals surface area contributed by atoms with Gasteiger partial charge in [-0.15, -0.1) is 0 Å². The normalized spacial score (nSPS) is 20.0. The van der Waals surface area contributed by atoms with E-state index >= 15 is 0 Å². The fourth-order valence-electron chi connectivity index (χ4n) is 2.96. The molecule has 100 valence electrons. The van der Waals surface area contributed by atoms with Crippen LogP contribution in [0.1, 0.15) is 56.7 Å². The predicted octanol–water partition coefficient (Wildman–Crippen LogP) is 4.36. The van der Waals surface area contributed by atoms with Crippen LogP contribution in [0.2, 0.25) is 0 Å². The minimum atomic E-state index is -0.102. The summed E-state index contributed by atoms with van der Waals surface area (Å²) in [7, 11) is 0. The first kappa shape index (κ1) is 13.5. The smallest absolute Gasteiger partial charge is 0.126 e. The molecule has 2 rings (SSSR count). The molecule has 18 heavy (non-hydrogen) atoms. The molecule has 0 saturated heterocycles. The van der Waals surface area contributed by atoms with Crippen molar-refractivity contribution in [1.29, 1.82) is 0 Å². The summed E-state index contributed by atoms with van der Waals surface area (Å²) in [6.07, 6.45) is 5.40. The van der Waals surface area contributed by atoms with E-state index in [-0.39, 0.29) is 11.9 Å². The molecule has 1 saturated carbocycles. The summed E-state index contributed by atoms with van der Waals surface area (Å²) < 4.78 is 13.6. The summed E-state index contributed by atoms with van der Waals surface area (Å²) in [5.41, 5.74) is 1.76. The Balaban J connectivity index is 1.97. The van der Waals surface area contributed by atoms with Gasteiger partial charge >= 0.3 is 0 Å². The van der Waals surface area contributed by atoms with Crippen molar-refractivity contribution in [2.75, 3.05) is 0 Å². The first-order valence-electron chi connectivity index (χ1n) is 7.10. The Labute approximate surface area is 110 Å². The van der Waals surface area contributed by atoms with Crippen molar-refractivity contribution >= 4 is 0 Å². The minimum Gasteiger partial charge on any atom is -0.307 e. The maximum Gasteiger partial charge on any atom is 0.126 e. The van der Waals surface area contributed by atoms with Gasteiger partial charge in [0.15, 0.2) is 0 Å². The number of halogens is 1. The third-order valence-electron chi connectivity index (χ3n) is 4.32. The summed E-state index contributed by atoms with van der Waals surface area (Å²) in [6, 6.07) is 6.29. The molecular weight excluding hydrogens is 225 g/mol. The molecular formula is C16H24FN. The fraction of sp³-hybridized carbons (Fsp3) is 0.625. The van der Waals surface area contributed by atoms with Gasteiger partial charge in [0.25, 0.3) is 0 Å². The highest BCUT2D eigenvalue weighted by atomic mass is 19.1. The summed E-state index contributed by atoms with van der Waals surface area (Å²) in [4.78, 5) is 0. The molecule has 0 radical (unpaired) electrons. The fourth-order valence-corrected chi connectivity index (χ4v) is 2.96. The van der Waals surface area contributed by atoms with Crippen LogP contribution >= 0.6 is 0 Å². The molecule has 1 aromatic carbocycles. The van der Waals surface area contributed by atoms with Crippen LogP contribution < -0.4 is 5.32 Å². The molecule has 0 amide bonds. The lowest BCUT2D eigenvalue weighted by atomic mass is 9.97. The molecule has 0 aliphatic heterocycles. The van der Waals surface area contributed by atoms with Crippen LogP contribution in [0.3, 0.4) is 0 Å². The van der Waals surface area contributed by atoms with Crippen LogP contribution in [0.25, 0.3) is 0 Å². The van der Waals surface area contributed by atoms with Crippen molar-refractivity contribution in [3.05, 3.63) is 35.1 Å². The van der Waals surface area contributed by atoms with Crippen LogP contribution in [-0.2, 0) is 0 Å². The minimum absolute atomic E-state index is 0.102. The Morgan fingerprint density at radius 1 is 1.22 bits per heavy atom. The van der Waals surface area contributed by atoms with E-state index in [9.17, 15) is 4.39 Å². The highest BCUT2D eigenvalue weighted by Crippen LogP contribution is 2.29. The van der Waals surface area contributed by atoms with Gasteiger partial charge in [-0.3, -0.25) is 0 Å². The third kappa shape index (κ3) is 3.11. The van der Waals surface area contributed by atoms with Crippen molar-refractivity contribution in [3.63, 3.8) is 0 Å². The number of rotatable bonds is 4. The Kier molecular flexibility index (Phi) is 4.39. The van der Waals surface area contributed by atoms with Crippen molar-refractivity contribution < 1.29 is 4.39 Å². The first-order chi connectivity index (χ1) is 8.58. The van der Waals surface area contributed by atoms with E-state index in [4.69, 9.17) is 0 Å². The van der Waals surface area contributed by atoms with Gasteiger partial charge in [0.05, 0.1) is 0 Å². The third-order valence-corrected chi connectivity index (χ3v) is 4.32. The zero-order valence-electron chi connectivity index (χ0n) is 11.7. The van der Waals surface area contributed by atoms with Crippen molar-refractivity contribution in [2.24, 2.45) is 5.92 Å². The molecule has 2 unspecified atom stereocenters. The van der Waals surface area contributed by atoms with Gasteiger partial charge in [0.2, 0.25) is 0 Å². The average molecular weight is 249 g/mol. The summed E-state index contributed by atoms with van der Waals surface area (Å²) in [5.74, 6) is 0.692. The Morgan fingerprint density at radius 2 is 1.89 bits per heavy atom. The zero-order chi connectivity index (χ0) is 13.1. The lowest BCUT2D eigenvalue weighted by Gasteiger charge is -2.25. The number of benzene rings is 1. The standard InChI is InChI=1S/C16H24FN/c1-11-8-9-15(10-16(11)17)13(3)18-12(2)14-6-4-5-7-14/h8-10,12-14,18H,4-7H2,1-3H3. The largest absolute Gasteiger partial charge is 0.307 e. The first-order valence-corrected chi connectivity index (χ1v) is 7.10. The second kappa shape index (κ2) is 5.83. The second-order valence-electron chi connectivity index (χ2n) is 5.73. The lowest BCUT2D eigenvalue weighted by Crippen LogP contribution is -2.34. The summed E-state index contributed by atoms with van der Waals surface area (Å²) >= 11 is 0. The molecule has 1 aliphatic carbocycles. The van der Waals surface area contributed by atoms with E-state index in [1.165, 1.54) is 25.7 Å². The van der Waals surface area contributed by atoms with E-state index in [2.05, 4.69) is 19.2 Å². The molecule has 2 heteroatoms. The highest BCUT2D eigenvalue weighted by molar-refractivity contribution is 5.25.